The Morgan fingerprint density at radius 3 is 2.74 bits per heavy atom. The van der Waals surface area contributed by atoms with Gasteiger partial charge in [0.05, 0.1) is 30.8 Å². The lowest BCUT2D eigenvalue weighted by Crippen LogP contribution is -2.59. The molecule has 4 saturated carbocycles. The molecule has 0 aromatic carbocycles. The molecule has 5 fully saturated rings. The summed E-state index contributed by atoms with van der Waals surface area (Å²) < 4.78 is 11.1. The quantitative estimate of drug-likeness (QED) is 0.445. The van der Waals surface area contributed by atoms with Crippen LogP contribution in [0.3, 0.4) is 0 Å². The van der Waals surface area contributed by atoms with Gasteiger partial charge < -0.3 is 24.8 Å². The number of ether oxygens (including phenoxy) is 2. The summed E-state index contributed by atoms with van der Waals surface area (Å²) in [6.07, 6.45) is -0.397. The first-order valence-electron chi connectivity index (χ1n) is 9.65. The molecule has 9 unspecified atom stereocenters. The van der Waals surface area contributed by atoms with Gasteiger partial charge in [0.25, 0.3) is 0 Å². The summed E-state index contributed by atoms with van der Waals surface area (Å²) in [5.41, 5.74) is -3.34. The molecule has 5 rings (SSSR count). The van der Waals surface area contributed by atoms with E-state index in [1.165, 1.54) is 7.11 Å². The Hall–Kier alpha value is -1.44. The van der Waals surface area contributed by atoms with Crippen LogP contribution in [-0.2, 0) is 19.1 Å². The number of carbonyl (C=O) groups is 2. The maximum Gasteiger partial charge on any atom is 0.315 e. The monoisotopic (exact) mass is 378 g/mol. The van der Waals surface area contributed by atoms with Gasteiger partial charge in [-0.3, -0.25) is 9.59 Å². The molecule has 9 atom stereocenters. The predicted octanol–water partition coefficient (Wildman–Crippen LogP) is 0.310. The van der Waals surface area contributed by atoms with Crippen molar-refractivity contribution in [3.8, 4) is 0 Å². The second-order valence-electron chi connectivity index (χ2n) is 9.64. The van der Waals surface area contributed by atoms with E-state index in [2.05, 4.69) is 6.58 Å². The molecule has 3 N–H and O–H groups in total. The summed E-state index contributed by atoms with van der Waals surface area (Å²) in [4.78, 5) is 25.9. The van der Waals surface area contributed by atoms with Crippen LogP contribution >= 0.6 is 0 Å². The van der Waals surface area contributed by atoms with Crippen molar-refractivity contribution in [3.63, 3.8) is 0 Å². The first-order valence-corrected chi connectivity index (χ1v) is 9.65. The number of aliphatic hydroxyl groups excluding tert-OH is 2. The van der Waals surface area contributed by atoms with E-state index in [0.717, 1.165) is 0 Å². The highest BCUT2D eigenvalue weighted by atomic mass is 16.6. The van der Waals surface area contributed by atoms with E-state index in [-0.39, 0.29) is 12.3 Å². The number of hydrogen-bond donors (Lipinski definition) is 3. The summed E-state index contributed by atoms with van der Waals surface area (Å²) in [5.74, 6) is -2.48. The molecule has 0 amide bonds. The highest BCUT2D eigenvalue weighted by molar-refractivity contribution is 5.86. The van der Waals surface area contributed by atoms with E-state index >= 15 is 0 Å². The minimum absolute atomic E-state index is 0.102. The van der Waals surface area contributed by atoms with Gasteiger partial charge in [-0.15, -0.1) is 0 Å². The second kappa shape index (κ2) is 4.75. The van der Waals surface area contributed by atoms with E-state index in [1.807, 2.05) is 0 Å². The van der Waals surface area contributed by atoms with Crippen molar-refractivity contribution >= 4 is 11.9 Å². The fourth-order valence-electron chi connectivity index (χ4n) is 7.82. The van der Waals surface area contributed by atoms with Gasteiger partial charge in [-0.25, -0.2) is 0 Å². The molecule has 1 spiro atoms. The average molecular weight is 378 g/mol. The molecule has 1 aliphatic heterocycles. The molecular formula is C20H26O7. The highest BCUT2D eigenvalue weighted by Crippen LogP contribution is 2.78. The van der Waals surface area contributed by atoms with Gasteiger partial charge in [0, 0.05) is 18.3 Å². The molecular weight excluding hydrogens is 352 g/mol. The van der Waals surface area contributed by atoms with Crippen LogP contribution in [0.2, 0.25) is 0 Å². The third-order valence-corrected chi connectivity index (χ3v) is 8.76. The first kappa shape index (κ1) is 17.6. The predicted molar refractivity (Wildman–Crippen MR) is 91.0 cm³/mol. The van der Waals surface area contributed by atoms with Gasteiger partial charge in [-0.1, -0.05) is 6.58 Å². The maximum absolute atomic E-state index is 13.0. The standard InChI is InChI=1S/C20H26O7/c1-9-6-18-8-19(9,25)5-4-11(18)20-7-10(21)14(22)17(2,16(24)27-20)13(20)12(18)15(23)26-3/h10-14,21-22,25H,1,4-8H2,2-3H3. The molecule has 1 heterocycles. The number of esters is 2. The van der Waals surface area contributed by atoms with E-state index in [1.54, 1.807) is 6.92 Å². The third-order valence-electron chi connectivity index (χ3n) is 8.76. The van der Waals surface area contributed by atoms with Gasteiger partial charge in [-0.2, -0.15) is 0 Å². The van der Waals surface area contributed by atoms with Crippen molar-refractivity contribution in [2.45, 2.75) is 62.4 Å². The van der Waals surface area contributed by atoms with Crippen molar-refractivity contribution in [1.29, 1.82) is 0 Å². The molecule has 148 valence electrons. The number of rotatable bonds is 1. The molecule has 1 saturated heterocycles. The maximum atomic E-state index is 13.0. The van der Waals surface area contributed by atoms with Crippen LogP contribution in [0.15, 0.2) is 12.2 Å². The smallest absolute Gasteiger partial charge is 0.315 e. The number of aliphatic hydroxyl groups is 3. The number of methoxy groups -OCH3 is 1. The summed E-state index contributed by atoms with van der Waals surface area (Å²) in [5, 5.41) is 32.4. The molecule has 0 radical (unpaired) electrons. The van der Waals surface area contributed by atoms with Crippen molar-refractivity contribution in [1.82, 2.24) is 0 Å². The minimum atomic E-state index is -1.38. The molecule has 7 heteroatoms. The Labute approximate surface area is 157 Å². The van der Waals surface area contributed by atoms with Gasteiger partial charge in [0.2, 0.25) is 0 Å². The molecule has 4 aliphatic carbocycles. The Bertz CT molecular complexity index is 778. The lowest BCUT2D eigenvalue weighted by molar-refractivity contribution is -0.166. The zero-order chi connectivity index (χ0) is 19.6. The summed E-state index contributed by atoms with van der Waals surface area (Å²) in [6.45, 7) is 5.67. The molecule has 27 heavy (non-hydrogen) atoms. The normalized spacial score (nSPS) is 57.9. The summed E-state index contributed by atoms with van der Waals surface area (Å²) >= 11 is 0. The average Bonchev–Trinajstić information content (AvgIpc) is 3.03. The molecule has 5 aliphatic rings. The first-order chi connectivity index (χ1) is 12.6. The number of carbonyl (C=O) groups excluding carboxylic acids is 2. The topological polar surface area (TPSA) is 113 Å². The van der Waals surface area contributed by atoms with Crippen LogP contribution < -0.4 is 0 Å². The minimum Gasteiger partial charge on any atom is -0.469 e. The Kier molecular flexibility index (Phi) is 3.11. The Balaban J connectivity index is 1.76. The number of hydrogen-bond acceptors (Lipinski definition) is 7. The lowest BCUT2D eigenvalue weighted by Gasteiger charge is -2.47. The largest absolute Gasteiger partial charge is 0.469 e. The van der Waals surface area contributed by atoms with Crippen molar-refractivity contribution in [3.05, 3.63) is 12.2 Å². The highest BCUT2D eigenvalue weighted by Gasteiger charge is 2.85. The molecule has 0 aromatic heterocycles. The van der Waals surface area contributed by atoms with E-state index < -0.39 is 58.0 Å². The van der Waals surface area contributed by atoms with E-state index in [9.17, 15) is 24.9 Å². The Morgan fingerprint density at radius 2 is 2.07 bits per heavy atom. The molecule has 0 aromatic rings. The van der Waals surface area contributed by atoms with Crippen molar-refractivity contribution in [2.75, 3.05) is 7.11 Å². The van der Waals surface area contributed by atoms with Gasteiger partial charge in [0.15, 0.2) is 0 Å². The molecule has 4 bridgehead atoms. The zero-order valence-corrected chi connectivity index (χ0v) is 15.6. The van der Waals surface area contributed by atoms with Crippen molar-refractivity contribution < 1.29 is 34.4 Å². The van der Waals surface area contributed by atoms with E-state index in [0.29, 0.717) is 31.3 Å². The van der Waals surface area contributed by atoms with Crippen LogP contribution in [0.4, 0.5) is 0 Å². The van der Waals surface area contributed by atoms with Gasteiger partial charge in [0.1, 0.15) is 11.0 Å². The number of fused-ring (bicyclic) bond motifs is 1. The van der Waals surface area contributed by atoms with Crippen LogP contribution in [0.1, 0.15) is 39.0 Å². The third kappa shape index (κ3) is 1.63. The fourth-order valence-corrected chi connectivity index (χ4v) is 7.82. The van der Waals surface area contributed by atoms with E-state index in [4.69, 9.17) is 9.47 Å². The Morgan fingerprint density at radius 1 is 1.37 bits per heavy atom. The second-order valence-corrected chi connectivity index (χ2v) is 9.64. The summed E-state index contributed by atoms with van der Waals surface area (Å²) in [6, 6.07) is 0. The lowest BCUT2D eigenvalue weighted by atomic mass is 9.58. The SMILES string of the molecule is C=C1CC23CC1(O)CCC2C12CC(O)C(O)C(C)(C(=O)O1)C2C3C(=O)OC. The van der Waals surface area contributed by atoms with Gasteiger partial charge in [-0.05, 0) is 43.6 Å². The van der Waals surface area contributed by atoms with Crippen LogP contribution in [0, 0.1) is 28.6 Å². The fraction of sp³-hybridized carbons (Fsp3) is 0.800. The van der Waals surface area contributed by atoms with Crippen LogP contribution in [0.25, 0.3) is 0 Å². The van der Waals surface area contributed by atoms with Crippen LogP contribution in [-0.4, -0.2) is 57.8 Å². The zero-order valence-electron chi connectivity index (χ0n) is 15.6. The van der Waals surface area contributed by atoms with Gasteiger partial charge >= 0.3 is 11.9 Å². The summed E-state index contributed by atoms with van der Waals surface area (Å²) in [7, 11) is 1.32. The molecule has 7 nitrogen and oxygen atoms in total. The van der Waals surface area contributed by atoms with Crippen LogP contribution in [0.5, 0.6) is 0 Å². The van der Waals surface area contributed by atoms with Crippen molar-refractivity contribution in [2.24, 2.45) is 28.6 Å².